The molecule has 0 heterocycles. The van der Waals surface area contributed by atoms with Crippen molar-refractivity contribution in [2.75, 3.05) is 11.0 Å². The maximum Gasteiger partial charge on any atom is 0.224 e. The number of unbranched alkanes of at least 4 members (excludes halogenated alkanes) is 1. The third-order valence-corrected chi connectivity index (χ3v) is 2.85. The van der Waals surface area contributed by atoms with Gasteiger partial charge in [-0.15, -0.1) is 0 Å². The van der Waals surface area contributed by atoms with Gasteiger partial charge in [0.2, 0.25) is 5.91 Å². The van der Waals surface area contributed by atoms with E-state index in [4.69, 9.17) is 0 Å². The molecule has 0 saturated carbocycles. The maximum absolute atomic E-state index is 11.5. The van der Waals surface area contributed by atoms with Crippen LogP contribution in [0.1, 0.15) is 18.4 Å². The Labute approximate surface area is 105 Å². The van der Waals surface area contributed by atoms with Crippen LogP contribution in [0.25, 0.3) is 0 Å². The van der Waals surface area contributed by atoms with Gasteiger partial charge in [-0.3, -0.25) is 4.79 Å². The van der Waals surface area contributed by atoms with Crippen LogP contribution in [-0.2, 0) is 11.2 Å². The largest absolute Gasteiger partial charge is 0.356 e. The second kappa shape index (κ2) is 7.68. The van der Waals surface area contributed by atoms with Crippen molar-refractivity contribution in [1.29, 1.82) is 0 Å². The van der Waals surface area contributed by atoms with Gasteiger partial charge in [-0.2, -0.15) is 0 Å². The lowest BCUT2D eigenvalue weighted by molar-refractivity contribution is -0.120. The Morgan fingerprint density at radius 2 is 1.93 bits per heavy atom. The first-order valence-corrected chi connectivity index (χ1v) is 6.72. The fraction of sp³-hybridized carbons (Fsp3) is 0.417. The third-order valence-electron chi connectivity index (χ3n) is 2.09. The van der Waals surface area contributed by atoms with E-state index >= 15 is 0 Å². The molecule has 0 aliphatic rings. The van der Waals surface area contributed by atoms with Crippen LogP contribution in [0.5, 0.6) is 0 Å². The van der Waals surface area contributed by atoms with Gasteiger partial charge in [-0.25, -0.2) is 0 Å². The van der Waals surface area contributed by atoms with Crippen LogP contribution in [0.4, 0.5) is 0 Å². The number of carbonyl (C=O) groups excluding carboxylic acids is 1. The number of rotatable bonds is 6. The van der Waals surface area contributed by atoms with E-state index in [0.29, 0.717) is 6.42 Å². The Morgan fingerprint density at radius 3 is 2.60 bits per heavy atom. The lowest BCUT2D eigenvalue weighted by atomic mass is 10.1. The molecule has 0 unspecified atom stereocenters. The van der Waals surface area contributed by atoms with Crippen LogP contribution in [0, 0.1) is 0 Å². The van der Waals surface area contributed by atoms with Gasteiger partial charge in [0.1, 0.15) is 0 Å². The number of alkyl halides is 1. The number of amides is 1. The Kier molecular flexibility index (Phi) is 6.39. The first-order chi connectivity index (χ1) is 7.33. The van der Waals surface area contributed by atoms with Crippen LogP contribution in [-0.4, -0.2) is 16.9 Å². The molecule has 1 aromatic carbocycles. The minimum atomic E-state index is 0.120. The first-order valence-electron chi connectivity index (χ1n) is 5.19. The molecular weight excluding hydrogens is 301 g/mol. The van der Waals surface area contributed by atoms with E-state index in [1.54, 1.807) is 0 Å². The van der Waals surface area contributed by atoms with Crippen molar-refractivity contribution in [3.63, 3.8) is 0 Å². The van der Waals surface area contributed by atoms with Gasteiger partial charge in [0.25, 0.3) is 0 Å². The molecule has 0 saturated heterocycles. The molecular formula is C12H16INO. The molecule has 82 valence electrons. The summed E-state index contributed by atoms with van der Waals surface area (Å²) in [7, 11) is 0. The van der Waals surface area contributed by atoms with Gasteiger partial charge in [0.05, 0.1) is 6.42 Å². The van der Waals surface area contributed by atoms with E-state index in [1.165, 1.54) is 6.42 Å². The number of carbonyl (C=O) groups is 1. The summed E-state index contributed by atoms with van der Waals surface area (Å²) in [5, 5.41) is 2.92. The highest BCUT2D eigenvalue weighted by Gasteiger charge is 2.01. The van der Waals surface area contributed by atoms with Crippen molar-refractivity contribution < 1.29 is 4.79 Å². The van der Waals surface area contributed by atoms with Crippen LogP contribution >= 0.6 is 22.6 Å². The maximum atomic E-state index is 11.5. The summed E-state index contributed by atoms with van der Waals surface area (Å²) in [6.45, 7) is 0.800. The SMILES string of the molecule is O=C(Cc1ccccc1)NCCCCI. The van der Waals surface area contributed by atoms with Crippen molar-refractivity contribution >= 4 is 28.5 Å². The zero-order chi connectivity index (χ0) is 10.9. The molecule has 0 atom stereocenters. The minimum Gasteiger partial charge on any atom is -0.356 e. The normalized spacial score (nSPS) is 9.93. The molecule has 1 rings (SSSR count). The van der Waals surface area contributed by atoms with Crippen LogP contribution in [0.15, 0.2) is 30.3 Å². The van der Waals surface area contributed by atoms with Crippen LogP contribution in [0.2, 0.25) is 0 Å². The number of nitrogens with one attached hydrogen (secondary N) is 1. The second-order valence-electron chi connectivity index (χ2n) is 3.41. The average Bonchev–Trinajstić information content (AvgIpc) is 2.26. The standard InChI is InChI=1S/C12H16INO/c13-8-4-5-9-14-12(15)10-11-6-2-1-3-7-11/h1-3,6-7H,4-5,8-10H2,(H,14,15). The summed E-state index contributed by atoms with van der Waals surface area (Å²) in [4.78, 5) is 11.5. The quantitative estimate of drug-likeness (QED) is 0.488. The molecule has 2 nitrogen and oxygen atoms in total. The topological polar surface area (TPSA) is 29.1 Å². The summed E-state index contributed by atoms with van der Waals surface area (Å²) in [6.07, 6.45) is 2.74. The predicted octanol–water partition coefficient (Wildman–Crippen LogP) is 2.56. The van der Waals surface area contributed by atoms with E-state index in [0.717, 1.165) is 23.0 Å². The van der Waals surface area contributed by atoms with E-state index in [1.807, 2.05) is 30.3 Å². The lowest BCUT2D eigenvalue weighted by Gasteiger charge is -2.04. The fourth-order valence-corrected chi connectivity index (χ4v) is 1.83. The zero-order valence-corrected chi connectivity index (χ0v) is 10.9. The molecule has 3 heteroatoms. The van der Waals surface area contributed by atoms with Crippen LogP contribution in [0.3, 0.4) is 0 Å². The Balaban J connectivity index is 2.19. The Hall–Kier alpha value is -0.580. The lowest BCUT2D eigenvalue weighted by Crippen LogP contribution is -2.26. The summed E-state index contributed by atoms with van der Waals surface area (Å²) in [6, 6.07) is 9.83. The van der Waals surface area contributed by atoms with Crippen molar-refractivity contribution in [2.24, 2.45) is 0 Å². The summed E-state index contributed by atoms with van der Waals surface area (Å²) < 4.78 is 1.16. The molecule has 1 aromatic rings. The van der Waals surface area contributed by atoms with E-state index in [-0.39, 0.29) is 5.91 Å². The Bertz CT molecular complexity index is 287. The molecule has 0 radical (unpaired) electrons. The minimum absolute atomic E-state index is 0.120. The highest BCUT2D eigenvalue weighted by atomic mass is 127. The fourth-order valence-electron chi connectivity index (χ4n) is 1.29. The number of hydrogen-bond donors (Lipinski definition) is 1. The van der Waals surface area contributed by atoms with Crippen molar-refractivity contribution in [2.45, 2.75) is 19.3 Å². The van der Waals surface area contributed by atoms with Gasteiger partial charge in [0, 0.05) is 6.54 Å². The van der Waals surface area contributed by atoms with Gasteiger partial charge in [0.15, 0.2) is 0 Å². The van der Waals surface area contributed by atoms with Crippen molar-refractivity contribution in [3.05, 3.63) is 35.9 Å². The molecule has 0 fully saturated rings. The monoisotopic (exact) mass is 317 g/mol. The second-order valence-corrected chi connectivity index (χ2v) is 4.49. The number of halogens is 1. The molecule has 1 N–H and O–H groups in total. The molecule has 0 aromatic heterocycles. The zero-order valence-electron chi connectivity index (χ0n) is 8.71. The molecule has 0 aliphatic heterocycles. The Morgan fingerprint density at radius 1 is 1.20 bits per heavy atom. The number of hydrogen-bond acceptors (Lipinski definition) is 1. The smallest absolute Gasteiger partial charge is 0.224 e. The molecule has 0 aliphatic carbocycles. The summed E-state index contributed by atoms with van der Waals surface area (Å²) in [5.74, 6) is 0.120. The van der Waals surface area contributed by atoms with Gasteiger partial charge in [-0.1, -0.05) is 52.9 Å². The molecule has 15 heavy (non-hydrogen) atoms. The highest BCUT2D eigenvalue weighted by molar-refractivity contribution is 14.1. The van der Waals surface area contributed by atoms with E-state index in [9.17, 15) is 4.79 Å². The molecule has 0 spiro atoms. The van der Waals surface area contributed by atoms with E-state index in [2.05, 4.69) is 27.9 Å². The van der Waals surface area contributed by atoms with Gasteiger partial charge < -0.3 is 5.32 Å². The average molecular weight is 317 g/mol. The van der Waals surface area contributed by atoms with E-state index < -0.39 is 0 Å². The predicted molar refractivity (Wildman–Crippen MR) is 71.3 cm³/mol. The number of benzene rings is 1. The van der Waals surface area contributed by atoms with Gasteiger partial charge in [-0.05, 0) is 22.8 Å². The van der Waals surface area contributed by atoms with Crippen molar-refractivity contribution in [1.82, 2.24) is 5.32 Å². The summed E-state index contributed by atoms with van der Waals surface area (Å²) in [5.41, 5.74) is 1.07. The highest BCUT2D eigenvalue weighted by Crippen LogP contribution is 1.99. The first kappa shape index (κ1) is 12.5. The third kappa shape index (κ3) is 5.77. The van der Waals surface area contributed by atoms with Crippen LogP contribution < -0.4 is 5.32 Å². The molecule has 1 amide bonds. The van der Waals surface area contributed by atoms with Gasteiger partial charge >= 0.3 is 0 Å². The molecule has 0 bridgehead atoms. The van der Waals surface area contributed by atoms with Crippen molar-refractivity contribution in [3.8, 4) is 0 Å². The summed E-state index contributed by atoms with van der Waals surface area (Å²) >= 11 is 2.35.